The van der Waals surface area contributed by atoms with E-state index in [-0.39, 0.29) is 18.6 Å². The quantitative estimate of drug-likeness (QED) is 0.413. The normalized spacial score (nSPS) is 14.6. The van der Waals surface area contributed by atoms with E-state index in [0.29, 0.717) is 0 Å². The lowest BCUT2D eigenvalue weighted by Crippen LogP contribution is -2.43. The number of para-hydroxylation sites is 2. The Bertz CT molecular complexity index is 1070. The molecule has 0 unspecified atom stereocenters. The summed E-state index contributed by atoms with van der Waals surface area (Å²) in [5.74, 6) is -0.732. The monoisotopic (exact) mass is 414 g/mol. The first-order valence-electron chi connectivity index (χ1n) is 10.8. The van der Waals surface area contributed by atoms with E-state index < -0.39 is 5.97 Å². The largest absolute Gasteiger partial charge is 0.452 e. The van der Waals surface area contributed by atoms with Gasteiger partial charge in [0.2, 0.25) is 0 Å². The van der Waals surface area contributed by atoms with Crippen LogP contribution >= 0.6 is 0 Å². The van der Waals surface area contributed by atoms with Gasteiger partial charge in [0, 0.05) is 35.0 Å². The molecule has 0 atom stereocenters. The van der Waals surface area contributed by atoms with Crippen LogP contribution in [0.5, 0.6) is 0 Å². The van der Waals surface area contributed by atoms with Gasteiger partial charge >= 0.3 is 5.97 Å². The molecule has 0 aliphatic heterocycles. The summed E-state index contributed by atoms with van der Waals surface area (Å²) < 4.78 is 5.29. The molecule has 3 aromatic rings. The molecule has 0 radical (unpaired) electrons. The molecule has 2 aromatic carbocycles. The van der Waals surface area contributed by atoms with Gasteiger partial charge in [0.25, 0.3) is 5.91 Å². The molecule has 4 rings (SSSR count). The summed E-state index contributed by atoms with van der Waals surface area (Å²) in [6.45, 7) is -0.275. The lowest BCUT2D eigenvalue weighted by molar-refractivity contribution is -0.143. The van der Waals surface area contributed by atoms with Gasteiger partial charge in [-0.2, -0.15) is 0 Å². The first-order chi connectivity index (χ1) is 15.2. The third-order valence-electron chi connectivity index (χ3n) is 5.64. The fourth-order valence-corrected chi connectivity index (χ4v) is 4.16. The van der Waals surface area contributed by atoms with Crippen molar-refractivity contribution in [3.8, 4) is 0 Å². The molecule has 0 N–H and O–H groups in total. The number of ether oxygens (including phenoxy) is 1. The topological polar surface area (TPSA) is 59.5 Å². The van der Waals surface area contributed by atoms with Crippen molar-refractivity contribution in [1.29, 1.82) is 0 Å². The fourth-order valence-electron chi connectivity index (χ4n) is 4.16. The lowest BCUT2D eigenvalue weighted by Gasteiger charge is -2.34. The van der Waals surface area contributed by atoms with E-state index in [2.05, 4.69) is 4.98 Å². The number of carbonyl (C=O) groups is 2. The summed E-state index contributed by atoms with van der Waals surface area (Å²) in [6, 6.07) is 19.4. The van der Waals surface area contributed by atoms with Gasteiger partial charge in [0.15, 0.2) is 6.61 Å². The summed E-state index contributed by atoms with van der Waals surface area (Å²) in [7, 11) is 0. The van der Waals surface area contributed by atoms with E-state index in [1.54, 1.807) is 12.3 Å². The van der Waals surface area contributed by atoms with Gasteiger partial charge < -0.3 is 9.64 Å². The minimum Gasteiger partial charge on any atom is -0.452 e. The third kappa shape index (κ3) is 5.18. The molecule has 0 saturated heterocycles. The van der Waals surface area contributed by atoms with E-state index >= 15 is 0 Å². The van der Waals surface area contributed by atoms with Crippen molar-refractivity contribution in [3.05, 3.63) is 78.5 Å². The number of rotatable bonds is 6. The third-order valence-corrected chi connectivity index (χ3v) is 5.64. The van der Waals surface area contributed by atoms with Crippen molar-refractivity contribution in [2.45, 2.75) is 38.1 Å². The second-order valence-corrected chi connectivity index (χ2v) is 7.75. The van der Waals surface area contributed by atoms with Gasteiger partial charge in [-0.1, -0.05) is 61.7 Å². The number of amides is 1. The molecule has 5 nitrogen and oxygen atoms in total. The molecule has 1 aliphatic carbocycles. The first kappa shape index (κ1) is 20.8. The molecule has 158 valence electrons. The smallest absolute Gasteiger partial charge is 0.331 e. The second-order valence-electron chi connectivity index (χ2n) is 7.75. The summed E-state index contributed by atoms with van der Waals surface area (Å²) in [5, 5.41) is 0.999. The van der Waals surface area contributed by atoms with Crippen LogP contribution in [0.1, 0.15) is 37.7 Å². The maximum Gasteiger partial charge on any atom is 0.331 e. The molecule has 1 amide bonds. The van der Waals surface area contributed by atoms with Gasteiger partial charge in [-0.15, -0.1) is 0 Å². The molecule has 0 spiro atoms. The van der Waals surface area contributed by atoms with Crippen LogP contribution < -0.4 is 4.90 Å². The molecular formula is C26H26N2O3. The molecule has 1 aromatic heterocycles. The maximum atomic E-state index is 13.0. The number of pyridine rings is 1. The summed E-state index contributed by atoms with van der Waals surface area (Å²) in [5.41, 5.74) is 2.50. The average Bonchev–Trinajstić information content (AvgIpc) is 2.83. The predicted octanol–water partition coefficient (Wildman–Crippen LogP) is 5.16. The number of anilines is 1. The Hall–Kier alpha value is -3.47. The van der Waals surface area contributed by atoms with E-state index in [0.717, 1.165) is 47.8 Å². The average molecular weight is 415 g/mol. The maximum absolute atomic E-state index is 13.0. The SMILES string of the molecule is O=C(/C=C/c1cccc2cccnc12)OCC(=O)N(c1ccccc1)C1CCCCC1. The van der Waals surface area contributed by atoms with Gasteiger partial charge in [-0.25, -0.2) is 4.79 Å². The molecule has 0 bridgehead atoms. The number of esters is 1. The Morgan fingerprint density at radius 1 is 0.968 bits per heavy atom. The highest BCUT2D eigenvalue weighted by molar-refractivity contribution is 5.97. The van der Waals surface area contributed by atoms with Crippen LogP contribution in [0.3, 0.4) is 0 Å². The number of hydrogen-bond acceptors (Lipinski definition) is 4. The van der Waals surface area contributed by atoms with Crippen molar-refractivity contribution in [2.75, 3.05) is 11.5 Å². The zero-order valence-electron chi connectivity index (χ0n) is 17.4. The Balaban J connectivity index is 1.42. The highest BCUT2D eigenvalue weighted by atomic mass is 16.5. The van der Waals surface area contributed by atoms with Crippen LogP contribution in [0.15, 0.2) is 72.9 Å². The van der Waals surface area contributed by atoms with E-state index in [9.17, 15) is 9.59 Å². The molecule has 1 saturated carbocycles. The van der Waals surface area contributed by atoms with Crippen molar-refractivity contribution in [3.63, 3.8) is 0 Å². The number of aromatic nitrogens is 1. The molecule has 31 heavy (non-hydrogen) atoms. The Labute approximate surface area is 182 Å². The molecule has 1 aliphatic rings. The molecule has 5 heteroatoms. The van der Waals surface area contributed by atoms with Crippen molar-refractivity contribution < 1.29 is 14.3 Å². The Morgan fingerprint density at radius 3 is 2.55 bits per heavy atom. The fraction of sp³-hybridized carbons (Fsp3) is 0.269. The van der Waals surface area contributed by atoms with E-state index in [4.69, 9.17) is 4.74 Å². The van der Waals surface area contributed by atoms with Crippen LogP contribution in [0, 0.1) is 0 Å². The van der Waals surface area contributed by atoms with Crippen molar-refractivity contribution in [2.24, 2.45) is 0 Å². The predicted molar refractivity (Wildman–Crippen MR) is 123 cm³/mol. The van der Waals surface area contributed by atoms with Crippen LogP contribution in [-0.2, 0) is 14.3 Å². The molecular weight excluding hydrogens is 388 g/mol. The van der Waals surface area contributed by atoms with Gasteiger partial charge in [0.05, 0.1) is 5.52 Å². The van der Waals surface area contributed by atoms with Crippen LogP contribution in [0.2, 0.25) is 0 Å². The van der Waals surface area contributed by atoms with Gasteiger partial charge in [0.1, 0.15) is 0 Å². The van der Waals surface area contributed by atoms with Gasteiger partial charge in [-0.3, -0.25) is 9.78 Å². The Morgan fingerprint density at radius 2 is 1.74 bits per heavy atom. The molecule has 1 heterocycles. The van der Waals surface area contributed by atoms with Crippen molar-refractivity contribution in [1.82, 2.24) is 4.98 Å². The summed E-state index contributed by atoms with van der Waals surface area (Å²) in [6.07, 6.45) is 10.1. The van der Waals surface area contributed by atoms with Crippen LogP contribution in [0.25, 0.3) is 17.0 Å². The summed E-state index contributed by atoms with van der Waals surface area (Å²) >= 11 is 0. The van der Waals surface area contributed by atoms with E-state index in [1.165, 1.54) is 12.5 Å². The summed E-state index contributed by atoms with van der Waals surface area (Å²) in [4.78, 5) is 31.5. The zero-order chi connectivity index (χ0) is 21.5. The van der Waals surface area contributed by atoms with Crippen molar-refractivity contribution >= 4 is 34.5 Å². The minimum atomic E-state index is -0.544. The molecule has 1 fully saturated rings. The second kappa shape index (κ2) is 10.0. The number of benzene rings is 2. The number of fused-ring (bicyclic) bond motifs is 1. The van der Waals surface area contributed by atoms with Gasteiger partial charge in [-0.05, 0) is 37.1 Å². The number of carbonyl (C=O) groups excluding carboxylic acids is 2. The number of nitrogens with zero attached hydrogens (tertiary/aromatic N) is 2. The minimum absolute atomic E-state index is 0.152. The highest BCUT2D eigenvalue weighted by Gasteiger charge is 2.27. The van der Waals surface area contributed by atoms with Crippen LogP contribution in [0.4, 0.5) is 5.69 Å². The highest BCUT2D eigenvalue weighted by Crippen LogP contribution is 2.27. The number of hydrogen-bond donors (Lipinski definition) is 0. The standard InChI is InChI=1S/C26H26N2O3/c29-24(28(22-12-3-1-4-13-22)23-14-5-2-6-15-23)19-31-25(30)17-16-21-10-7-9-20-11-8-18-27-26(20)21/h1,3-4,7-13,16-18,23H,2,5-6,14-15,19H2/b17-16+. The Kier molecular flexibility index (Phi) is 6.72. The first-order valence-corrected chi connectivity index (χ1v) is 10.8. The lowest BCUT2D eigenvalue weighted by atomic mass is 9.93. The van der Waals surface area contributed by atoms with Crippen LogP contribution in [-0.4, -0.2) is 29.5 Å². The zero-order valence-corrected chi connectivity index (χ0v) is 17.4. The van der Waals surface area contributed by atoms with E-state index in [1.807, 2.05) is 65.6 Å².